The second kappa shape index (κ2) is 3.86. The molecule has 0 amide bonds. The highest BCUT2D eigenvalue weighted by atomic mass is 32.2. The molecular formula is C12H17NO2S. The lowest BCUT2D eigenvalue weighted by Crippen LogP contribution is -2.33. The monoisotopic (exact) mass is 239 g/mol. The first-order valence-electron chi connectivity index (χ1n) is 5.25. The number of rotatable bonds is 0. The van der Waals surface area contributed by atoms with Gasteiger partial charge >= 0.3 is 0 Å². The van der Waals surface area contributed by atoms with Crippen LogP contribution in [0.4, 0.5) is 0 Å². The van der Waals surface area contributed by atoms with Crippen molar-refractivity contribution in [3.63, 3.8) is 0 Å². The van der Waals surface area contributed by atoms with Crippen molar-refractivity contribution in [2.45, 2.75) is 37.1 Å². The molecular weight excluding hydrogens is 222 g/mol. The van der Waals surface area contributed by atoms with Crippen LogP contribution >= 0.6 is 0 Å². The highest BCUT2D eigenvalue weighted by molar-refractivity contribution is 7.92. The van der Waals surface area contributed by atoms with Crippen LogP contribution in [0.3, 0.4) is 0 Å². The molecule has 3 rings (SSSR count). The third kappa shape index (κ3) is 1.57. The van der Waals surface area contributed by atoms with E-state index < -0.39 is 9.84 Å². The number of hydrogen-bond donors (Lipinski definition) is 0. The maximum atomic E-state index is 12.2. The second-order valence-electron chi connectivity index (χ2n) is 4.26. The summed E-state index contributed by atoms with van der Waals surface area (Å²) in [6.07, 6.45) is 1.77. The summed E-state index contributed by atoms with van der Waals surface area (Å²) in [5, 5.41) is -0.280. The third-order valence-electron chi connectivity index (χ3n) is 3.27. The topological polar surface area (TPSA) is 37.4 Å². The van der Waals surface area contributed by atoms with E-state index in [2.05, 4.69) is 4.90 Å². The van der Waals surface area contributed by atoms with Crippen LogP contribution in [0.2, 0.25) is 0 Å². The van der Waals surface area contributed by atoms with E-state index in [9.17, 15) is 8.42 Å². The Labute approximate surface area is 97.0 Å². The normalized spacial score (nSPS) is 26.6. The molecule has 1 fully saturated rings. The minimum atomic E-state index is -3.11. The van der Waals surface area contributed by atoms with Crippen LogP contribution in [0.25, 0.3) is 0 Å². The molecule has 1 aromatic rings. The first-order valence-corrected chi connectivity index (χ1v) is 6.79. The zero-order chi connectivity index (χ0) is 10.5. The van der Waals surface area contributed by atoms with Crippen LogP contribution in [0.5, 0.6) is 0 Å². The lowest BCUT2D eigenvalue weighted by Gasteiger charge is -2.20. The number of fused-ring (bicyclic) bond motifs is 3. The molecule has 16 heavy (non-hydrogen) atoms. The molecule has 0 spiro atoms. The minimum Gasteiger partial charge on any atom is -0.283 e. The fourth-order valence-corrected chi connectivity index (χ4v) is 4.49. The number of sulfone groups is 1. The highest BCUT2D eigenvalue weighted by Gasteiger charge is 2.38. The zero-order valence-electron chi connectivity index (χ0n) is 8.39. The molecule has 0 N–H and O–H groups in total. The SMILES string of the molecule is C.O=S1(=O)c2cccc(c2)CN2CCCC21. The Bertz CT molecular complexity index is 495. The average molecular weight is 239 g/mol. The second-order valence-corrected chi connectivity index (χ2v) is 6.37. The molecule has 1 saturated heterocycles. The smallest absolute Gasteiger partial charge is 0.194 e. The molecule has 1 atom stereocenters. The Kier molecular flexibility index (Phi) is 2.80. The van der Waals surface area contributed by atoms with Crippen molar-refractivity contribution in [3.05, 3.63) is 29.8 Å². The molecule has 88 valence electrons. The van der Waals surface area contributed by atoms with E-state index in [0.717, 1.165) is 31.5 Å². The van der Waals surface area contributed by atoms with E-state index >= 15 is 0 Å². The number of benzene rings is 1. The van der Waals surface area contributed by atoms with Crippen LogP contribution in [-0.4, -0.2) is 25.2 Å². The molecule has 2 aliphatic heterocycles. The Morgan fingerprint density at radius 1 is 1.31 bits per heavy atom. The molecule has 2 heterocycles. The zero-order valence-corrected chi connectivity index (χ0v) is 9.20. The molecule has 0 aromatic heterocycles. The van der Waals surface area contributed by atoms with Crippen LogP contribution in [0, 0.1) is 0 Å². The quantitative estimate of drug-likeness (QED) is 0.695. The van der Waals surface area contributed by atoms with E-state index in [-0.39, 0.29) is 12.8 Å². The van der Waals surface area contributed by atoms with Crippen molar-refractivity contribution < 1.29 is 8.42 Å². The summed E-state index contributed by atoms with van der Waals surface area (Å²) in [7, 11) is -3.11. The van der Waals surface area contributed by atoms with Gasteiger partial charge in [-0.3, -0.25) is 4.90 Å². The van der Waals surface area contributed by atoms with E-state index in [1.807, 2.05) is 18.2 Å². The van der Waals surface area contributed by atoms with Crippen molar-refractivity contribution >= 4 is 9.84 Å². The number of nitrogens with zero attached hydrogens (tertiary/aromatic N) is 1. The van der Waals surface area contributed by atoms with Gasteiger partial charge in [0.15, 0.2) is 9.84 Å². The lowest BCUT2D eigenvalue weighted by molar-refractivity contribution is 0.301. The van der Waals surface area contributed by atoms with Gasteiger partial charge in [-0.1, -0.05) is 19.6 Å². The molecule has 0 radical (unpaired) electrons. The molecule has 4 heteroatoms. The standard InChI is InChI=1S/C11H13NO2S.CH4/c13-15(14)10-4-1-3-9(7-10)8-12-6-2-5-11(12)15;/h1,3-4,7,11H,2,5-6,8H2;1H4. The van der Waals surface area contributed by atoms with Crippen molar-refractivity contribution in [2.75, 3.05) is 6.54 Å². The molecule has 2 aliphatic rings. The Morgan fingerprint density at radius 3 is 2.94 bits per heavy atom. The van der Waals surface area contributed by atoms with Crippen LogP contribution in [0.15, 0.2) is 29.2 Å². The average Bonchev–Trinajstić information content (AvgIpc) is 2.64. The van der Waals surface area contributed by atoms with E-state index in [1.54, 1.807) is 6.07 Å². The van der Waals surface area contributed by atoms with Crippen molar-refractivity contribution in [3.8, 4) is 0 Å². The third-order valence-corrected chi connectivity index (χ3v) is 5.44. The Balaban J connectivity index is 0.000000963. The predicted octanol–water partition coefficient (Wildman–Crippen LogP) is 2.03. The van der Waals surface area contributed by atoms with Gasteiger partial charge in [-0.05, 0) is 37.1 Å². The summed E-state index contributed by atoms with van der Waals surface area (Å²) < 4.78 is 24.5. The first-order chi connectivity index (χ1) is 7.18. The molecule has 3 nitrogen and oxygen atoms in total. The van der Waals surface area contributed by atoms with E-state index in [1.165, 1.54) is 0 Å². The molecule has 1 unspecified atom stereocenters. The fraction of sp³-hybridized carbons (Fsp3) is 0.500. The molecule has 0 aliphatic carbocycles. The maximum absolute atomic E-state index is 12.2. The van der Waals surface area contributed by atoms with Crippen molar-refractivity contribution in [1.29, 1.82) is 0 Å². The van der Waals surface area contributed by atoms with Gasteiger partial charge in [0.1, 0.15) is 5.37 Å². The molecule has 1 aromatic carbocycles. The first kappa shape index (κ1) is 11.6. The van der Waals surface area contributed by atoms with Gasteiger partial charge in [0.2, 0.25) is 0 Å². The van der Waals surface area contributed by atoms with E-state index in [4.69, 9.17) is 0 Å². The summed E-state index contributed by atoms with van der Waals surface area (Å²) in [5.74, 6) is 0. The summed E-state index contributed by atoms with van der Waals surface area (Å²) >= 11 is 0. The van der Waals surface area contributed by atoms with Gasteiger partial charge in [-0.25, -0.2) is 8.42 Å². The van der Waals surface area contributed by atoms with Gasteiger partial charge in [0.25, 0.3) is 0 Å². The summed E-state index contributed by atoms with van der Waals surface area (Å²) in [6.45, 7) is 1.68. The van der Waals surface area contributed by atoms with Crippen LogP contribution in [-0.2, 0) is 16.4 Å². The Morgan fingerprint density at radius 2 is 2.12 bits per heavy atom. The van der Waals surface area contributed by atoms with Gasteiger partial charge in [-0.15, -0.1) is 0 Å². The largest absolute Gasteiger partial charge is 0.283 e. The molecule has 2 bridgehead atoms. The van der Waals surface area contributed by atoms with Crippen LogP contribution in [0.1, 0.15) is 25.8 Å². The van der Waals surface area contributed by atoms with Crippen LogP contribution < -0.4 is 0 Å². The fourth-order valence-electron chi connectivity index (χ4n) is 2.54. The maximum Gasteiger partial charge on any atom is 0.194 e. The molecule has 0 saturated carbocycles. The highest BCUT2D eigenvalue weighted by Crippen LogP contribution is 2.32. The predicted molar refractivity (Wildman–Crippen MR) is 63.8 cm³/mol. The lowest BCUT2D eigenvalue weighted by atomic mass is 10.2. The Hall–Kier alpha value is -0.870. The van der Waals surface area contributed by atoms with Gasteiger partial charge in [0.05, 0.1) is 4.90 Å². The number of hydrogen-bond acceptors (Lipinski definition) is 3. The van der Waals surface area contributed by atoms with Gasteiger partial charge < -0.3 is 0 Å². The minimum absolute atomic E-state index is 0. The summed E-state index contributed by atoms with van der Waals surface area (Å²) in [4.78, 5) is 2.58. The van der Waals surface area contributed by atoms with Gasteiger partial charge in [0, 0.05) is 6.54 Å². The van der Waals surface area contributed by atoms with Crippen molar-refractivity contribution in [1.82, 2.24) is 4.90 Å². The summed E-state index contributed by atoms with van der Waals surface area (Å²) in [5.41, 5.74) is 1.11. The van der Waals surface area contributed by atoms with Gasteiger partial charge in [-0.2, -0.15) is 0 Å². The van der Waals surface area contributed by atoms with E-state index in [0.29, 0.717) is 4.90 Å². The summed E-state index contributed by atoms with van der Waals surface area (Å²) in [6, 6.07) is 7.36. The van der Waals surface area contributed by atoms with Crippen molar-refractivity contribution in [2.24, 2.45) is 0 Å².